The predicted molar refractivity (Wildman–Crippen MR) is 105 cm³/mol. The van der Waals surface area contributed by atoms with Crippen LogP contribution in [-0.2, 0) is 11.3 Å². The van der Waals surface area contributed by atoms with E-state index in [1.54, 1.807) is 0 Å². The second-order valence-electron chi connectivity index (χ2n) is 6.15. The maximum atomic E-state index is 12.2. The molecule has 0 unspecified atom stereocenters. The van der Waals surface area contributed by atoms with Crippen molar-refractivity contribution >= 4 is 22.6 Å². The summed E-state index contributed by atoms with van der Waals surface area (Å²) in [6, 6.07) is 17.7. The van der Waals surface area contributed by atoms with Crippen molar-refractivity contribution in [2.45, 2.75) is 6.54 Å². The van der Waals surface area contributed by atoms with E-state index < -0.39 is 0 Å². The van der Waals surface area contributed by atoms with Gasteiger partial charge in [-0.2, -0.15) is 0 Å². The molecule has 0 aliphatic carbocycles. The molecule has 0 atom stereocenters. The van der Waals surface area contributed by atoms with Crippen LogP contribution >= 0.6 is 0 Å². The Labute approximate surface area is 156 Å². The van der Waals surface area contributed by atoms with Crippen LogP contribution in [0.2, 0.25) is 0 Å². The number of nitrogens with one attached hydrogen (secondary N) is 2. The van der Waals surface area contributed by atoms with E-state index in [-0.39, 0.29) is 5.91 Å². The third-order valence-electron chi connectivity index (χ3n) is 4.27. The van der Waals surface area contributed by atoms with Crippen molar-refractivity contribution in [2.24, 2.45) is 0 Å². The summed E-state index contributed by atoms with van der Waals surface area (Å²) in [6.45, 7) is 1.40. The smallest absolute Gasteiger partial charge is 0.240 e. The lowest BCUT2D eigenvalue weighted by molar-refractivity contribution is -0.121. The van der Waals surface area contributed by atoms with Crippen LogP contribution in [0.25, 0.3) is 16.7 Å². The average Bonchev–Trinajstić information content (AvgIpc) is 3.37. The second kappa shape index (κ2) is 7.74. The summed E-state index contributed by atoms with van der Waals surface area (Å²) in [7, 11) is 0. The van der Waals surface area contributed by atoms with Gasteiger partial charge < -0.3 is 19.8 Å². The van der Waals surface area contributed by atoms with Gasteiger partial charge in [-0.05, 0) is 41.8 Å². The molecule has 1 amide bonds. The Bertz CT molecular complexity index is 1020. The molecule has 136 valence electrons. The molecule has 1 aromatic carbocycles. The van der Waals surface area contributed by atoms with Gasteiger partial charge in [0.2, 0.25) is 5.91 Å². The zero-order chi connectivity index (χ0) is 18.5. The summed E-state index contributed by atoms with van der Waals surface area (Å²) in [6.07, 6.45) is 5.77. The molecule has 0 saturated heterocycles. The minimum absolute atomic E-state index is 0.0211. The molecule has 0 aliphatic heterocycles. The van der Waals surface area contributed by atoms with Crippen LogP contribution in [0.3, 0.4) is 0 Å². The average molecular weight is 360 g/mol. The minimum Gasteiger partial charge on any atom is -0.367 e. The fourth-order valence-electron chi connectivity index (χ4n) is 2.93. The normalized spacial score (nSPS) is 10.8. The van der Waals surface area contributed by atoms with E-state index in [1.165, 1.54) is 0 Å². The molecule has 0 aliphatic rings. The van der Waals surface area contributed by atoms with Crippen molar-refractivity contribution in [3.63, 3.8) is 0 Å². The molecule has 0 spiro atoms. The number of carbonyl (C=O) groups excluding carboxylic acids is 1. The van der Waals surface area contributed by atoms with Crippen molar-refractivity contribution in [1.82, 2.24) is 24.6 Å². The highest BCUT2D eigenvalue weighted by Crippen LogP contribution is 2.14. The van der Waals surface area contributed by atoms with Gasteiger partial charge in [0.15, 0.2) is 5.82 Å². The number of para-hydroxylation sites is 1. The second-order valence-corrected chi connectivity index (χ2v) is 6.15. The molecule has 3 heterocycles. The van der Waals surface area contributed by atoms with Crippen LogP contribution in [0.4, 0.5) is 5.82 Å². The quantitative estimate of drug-likeness (QED) is 0.496. The molecule has 0 bridgehead atoms. The van der Waals surface area contributed by atoms with E-state index in [2.05, 4.69) is 20.8 Å². The molecule has 0 saturated carbocycles. The van der Waals surface area contributed by atoms with Crippen LogP contribution < -0.4 is 10.6 Å². The molecule has 4 aromatic rings. The summed E-state index contributed by atoms with van der Waals surface area (Å²) >= 11 is 0. The monoisotopic (exact) mass is 360 g/mol. The number of anilines is 1. The van der Waals surface area contributed by atoms with Crippen molar-refractivity contribution < 1.29 is 4.79 Å². The first-order chi connectivity index (χ1) is 13.3. The fraction of sp³-hybridized carbons (Fsp3) is 0.150. The lowest BCUT2D eigenvalue weighted by atomic mass is 10.2. The number of nitrogens with zero attached hydrogens (tertiary/aromatic N) is 4. The molecule has 4 rings (SSSR count). The maximum absolute atomic E-state index is 12.2. The lowest BCUT2D eigenvalue weighted by Crippen LogP contribution is -2.31. The summed E-state index contributed by atoms with van der Waals surface area (Å²) in [5, 5.41) is 15.5. The van der Waals surface area contributed by atoms with Crippen molar-refractivity contribution in [3.05, 3.63) is 73.2 Å². The van der Waals surface area contributed by atoms with E-state index in [0.717, 1.165) is 16.7 Å². The largest absolute Gasteiger partial charge is 0.367 e. The van der Waals surface area contributed by atoms with Gasteiger partial charge in [0.05, 0.1) is 0 Å². The standard InChI is InChI=1S/C20H20N6O/c27-20(15-26-14-9-16-5-1-2-6-17(16)26)22-11-10-21-18-7-8-19(24-23-18)25-12-3-4-13-25/h1-9,12-14H,10-11,15H2,(H,21,23)(H,22,27). The van der Waals surface area contributed by atoms with Crippen LogP contribution in [0.5, 0.6) is 0 Å². The third kappa shape index (κ3) is 3.98. The molecule has 27 heavy (non-hydrogen) atoms. The number of rotatable bonds is 7. The van der Waals surface area contributed by atoms with Gasteiger partial charge in [0.25, 0.3) is 0 Å². The fourth-order valence-corrected chi connectivity index (χ4v) is 2.93. The lowest BCUT2D eigenvalue weighted by Gasteiger charge is -2.09. The van der Waals surface area contributed by atoms with Crippen molar-refractivity contribution in [2.75, 3.05) is 18.4 Å². The number of carbonyl (C=O) groups is 1. The Kier molecular flexibility index (Phi) is 4.82. The van der Waals surface area contributed by atoms with Gasteiger partial charge in [-0.3, -0.25) is 4.79 Å². The van der Waals surface area contributed by atoms with Crippen LogP contribution in [0.1, 0.15) is 0 Å². The first-order valence-corrected chi connectivity index (χ1v) is 8.81. The minimum atomic E-state index is -0.0211. The number of benzene rings is 1. The Morgan fingerprint density at radius 1 is 0.889 bits per heavy atom. The molecule has 0 radical (unpaired) electrons. The van der Waals surface area contributed by atoms with Gasteiger partial charge in [0, 0.05) is 37.2 Å². The van der Waals surface area contributed by atoms with Gasteiger partial charge in [-0.1, -0.05) is 18.2 Å². The Balaban J connectivity index is 1.23. The maximum Gasteiger partial charge on any atom is 0.240 e. The van der Waals surface area contributed by atoms with Gasteiger partial charge in [-0.15, -0.1) is 10.2 Å². The van der Waals surface area contributed by atoms with Crippen LogP contribution in [0.15, 0.2) is 73.2 Å². The zero-order valence-electron chi connectivity index (χ0n) is 14.7. The summed E-state index contributed by atoms with van der Waals surface area (Å²) in [5.41, 5.74) is 1.06. The van der Waals surface area contributed by atoms with E-state index in [4.69, 9.17) is 0 Å². The number of aromatic nitrogens is 4. The van der Waals surface area contributed by atoms with Gasteiger partial charge >= 0.3 is 0 Å². The first kappa shape index (κ1) is 16.8. The summed E-state index contributed by atoms with van der Waals surface area (Å²) in [4.78, 5) is 12.2. The van der Waals surface area contributed by atoms with Gasteiger partial charge in [-0.25, -0.2) is 0 Å². The highest BCUT2D eigenvalue weighted by atomic mass is 16.1. The summed E-state index contributed by atoms with van der Waals surface area (Å²) in [5.74, 6) is 1.42. The third-order valence-corrected chi connectivity index (χ3v) is 4.27. The predicted octanol–water partition coefficient (Wildman–Crippen LogP) is 2.45. The Morgan fingerprint density at radius 2 is 1.74 bits per heavy atom. The Hall–Kier alpha value is -3.61. The Morgan fingerprint density at radius 3 is 2.56 bits per heavy atom. The number of hydrogen-bond donors (Lipinski definition) is 2. The van der Waals surface area contributed by atoms with E-state index >= 15 is 0 Å². The number of fused-ring (bicyclic) bond motifs is 1. The first-order valence-electron chi connectivity index (χ1n) is 8.81. The highest BCUT2D eigenvalue weighted by Gasteiger charge is 2.05. The van der Waals surface area contributed by atoms with E-state index in [0.29, 0.717) is 25.5 Å². The van der Waals surface area contributed by atoms with Crippen molar-refractivity contribution in [3.8, 4) is 5.82 Å². The molecular weight excluding hydrogens is 340 g/mol. The SMILES string of the molecule is O=C(Cn1ccc2ccccc21)NCCNc1ccc(-n2cccc2)nn1. The number of amides is 1. The topological polar surface area (TPSA) is 76.8 Å². The zero-order valence-corrected chi connectivity index (χ0v) is 14.7. The number of hydrogen-bond acceptors (Lipinski definition) is 4. The van der Waals surface area contributed by atoms with Gasteiger partial charge in [0.1, 0.15) is 12.4 Å². The molecule has 7 nitrogen and oxygen atoms in total. The van der Waals surface area contributed by atoms with E-state index in [1.807, 2.05) is 82.3 Å². The molecule has 7 heteroatoms. The molecular formula is C20H20N6O. The molecule has 0 fully saturated rings. The highest BCUT2D eigenvalue weighted by molar-refractivity contribution is 5.83. The van der Waals surface area contributed by atoms with Crippen LogP contribution in [-0.4, -0.2) is 38.3 Å². The van der Waals surface area contributed by atoms with E-state index in [9.17, 15) is 4.79 Å². The molecule has 3 aromatic heterocycles. The molecule has 2 N–H and O–H groups in total. The van der Waals surface area contributed by atoms with Crippen molar-refractivity contribution in [1.29, 1.82) is 0 Å². The van der Waals surface area contributed by atoms with Crippen LogP contribution in [0, 0.1) is 0 Å². The summed E-state index contributed by atoms with van der Waals surface area (Å²) < 4.78 is 3.84.